The van der Waals surface area contributed by atoms with E-state index in [0.29, 0.717) is 12.2 Å². The molecule has 0 aromatic heterocycles. The number of carbonyl (C=O) groups is 1. The van der Waals surface area contributed by atoms with Gasteiger partial charge in [0, 0.05) is 6.42 Å². The van der Waals surface area contributed by atoms with E-state index in [4.69, 9.17) is 0 Å². The number of rotatable bonds is 2. The Hall–Kier alpha value is -1.37. The Morgan fingerprint density at radius 1 is 1.43 bits per heavy atom. The first-order valence-corrected chi connectivity index (χ1v) is 5.04. The van der Waals surface area contributed by atoms with E-state index in [1.807, 2.05) is 13.0 Å². The predicted octanol–water partition coefficient (Wildman–Crippen LogP) is 3.08. The van der Waals surface area contributed by atoms with Gasteiger partial charge in [-0.25, -0.2) is 0 Å². The fourth-order valence-corrected chi connectivity index (χ4v) is 1.93. The molecule has 0 saturated heterocycles. The first kappa shape index (κ1) is 9.20. The molecule has 72 valence electrons. The minimum atomic E-state index is 0.00981. The van der Waals surface area contributed by atoms with E-state index >= 15 is 0 Å². The maximum Gasteiger partial charge on any atom is 0.143 e. The van der Waals surface area contributed by atoms with Crippen LogP contribution in [0.1, 0.15) is 36.0 Å². The van der Waals surface area contributed by atoms with Crippen molar-refractivity contribution in [3.63, 3.8) is 0 Å². The third-order valence-electron chi connectivity index (χ3n) is 2.74. The maximum atomic E-state index is 11.6. The zero-order valence-corrected chi connectivity index (χ0v) is 8.58. The van der Waals surface area contributed by atoms with E-state index in [1.54, 1.807) is 0 Å². The largest absolute Gasteiger partial charge is 0.299 e. The van der Waals surface area contributed by atoms with Crippen LogP contribution in [0.2, 0.25) is 0 Å². The van der Waals surface area contributed by atoms with Crippen LogP contribution in [0.15, 0.2) is 24.3 Å². The molecule has 14 heavy (non-hydrogen) atoms. The predicted molar refractivity (Wildman–Crippen MR) is 58.3 cm³/mol. The standard InChI is InChI=1S/C13H14O/c1-3-13(14)12-7-5-10-8-9(2)4-6-11(10)12/h4-8,12H,3H2,1-2H3/t12-/m1/s1. The van der Waals surface area contributed by atoms with Crippen molar-refractivity contribution >= 4 is 11.9 Å². The maximum absolute atomic E-state index is 11.6. The van der Waals surface area contributed by atoms with Gasteiger partial charge in [0.05, 0.1) is 5.92 Å². The quantitative estimate of drug-likeness (QED) is 0.693. The fourth-order valence-electron chi connectivity index (χ4n) is 1.93. The lowest BCUT2D eigenvalue weighted by Crippen LogP contribution is -2.07. The highest BCUT2D eigenvalue weighted by molar-refractivity contribution is 5.91. The number of fused-ring (bicyclic) bond motifs is 1. The molecule has 0 bridgehead atoms. The summed E-state index contributed by atoms with van der Waals surface area (Å²) in [6.07, 6.45) is 4.68. The van der Waals surface area contributed by atoms with Gasteiger partial charge in [0.25, 0.3) is 0 Å². The summed E-state index contributed by atoms with van der Waals surface area (Å²) in [5.41, 5.74) is 3.62. The molecule has 0 spiro atoms. The summed E-state index contributed by atoms with van der Waals surface area (Å²) in [5, 5.41) is 0. The van der Waals surface area contributed by atoms with Crippen LogP contribution in [0.4, 0.5) is 0 Å². The highest BCUT2D eigenvalue weighted by atomic mass is 16.1. The lowest BCUT2D eigenvalue weighted by Gasteiger charge is -2.08. The van der Waals surface area contributed by atoms with Crippen LogP contribution < -0.4 is 0 Å². The second-order valence-corrected chi connectivity index (χ2v) is 3.79. The minimum absolute atomic E-state index is 0.00981. The lowest BCUT2D eigenvalue weighted by molar-refractivity contribution is -0.119. The Balaban J connectivity index is 2.40. The van der Waals surface area contributed by atoms with Crippen molar-refractivity contribution in [2.75, 3.05) is 0 Å². The smallest absolute Gasteiger partial charge is 0.143 e. The van der Waals surface area contributed by atoms with Crippen molar-refractivity contribution in [1.29, 1.82) is 0 Å². The van der Waals surface area contributed by atoms with Crippen LogP contribution in [0.5, 0.6) is 0 Å². The first-order valence-electron chi connectivity index (χ1n) is 5.04. The Labute approximate surface area is 84.5 Å². The highest BCUT2D eigenvalue weighted by Crippen LogP contribution is 2.31. The molecule has 1 heteroatoms. The number of ketones is 1. The third-order valence-corrected chi connectivity index (χ3v) is 2.74. The number of aryl methyl sites for hydroxylation is 1. The van der Waals surface area contributed by atoms with Crippen LogP contribution in [0.3, 0.4) is 0 Å². The van der Waals surface area contributed by atoms with Crippen molar-refractivity contribution < 1.29 is 4.79 Å². The SMILES string of the molecule is CCC(=O)[C@@H]1C=Cc2cc(C)ccc21. The summed E-state index contributed by atoms with van der Waals surface area (Å²) in [6.45, 7) is 3.99. The number of hydrogen-bond donors (Lipinski definition) is 0. The molecule has 1 nitrogen and oxygen atoms in total. The summed E-state index contributed by atoms with van der Waals surface area (Å²) in [4.78, 5) is 11.6. The number of allylic oxidation sites excluding steroid dienone is 1. The molecule has 0 heterocycles. The van der Waals surface area contributed by atoms with E-state index in [1.165, 1.54) is 16.7 Å². The van der Waals surface area contributed by atoms with Gasteiger partial charge in [0.2, 0.25) is 0 Å². The average molecular weight is 186 g/mol. The van der Waals surface area contributed by atoms with E-state index in [2.05, 4.69) is 31.2 Å². The van der Waals surface area contributed by atoms with Crippen LogP contribution in [0, 0.1) is 6.92 Å². The number of hydrogen-bond acceptors (Lipinski definition) is 1. The molecular formula is C13H14O. The molecular weight excluding hydrogens is 172 g/mol. The van der Waals surface area contributed by atoms with Crippen LogP contribution in [0.25, 0.3) is 6.08 Å². The van der Waals surface area contributed by atoms with Gasteiger partial charge in [-0.2, -0.15) is 0 Å². The molecule has 1 aromatic carbocycles. The van der Waals surface area contributed by atoms with Gasteiger partial charge < -0.3 is 0 Å². The van der Waals surface area contributed by atoms with Crippen molar-refractivity contribution in [1.82, 2.24) is 0 Å². The van der Waals surface area contributed by atoms with E-state index in [0.717, 1.165) is 0 Å². The summed E-state index contributed by atoms with van der Waals surface area (Å²) in [7, 11) is 0. The topological polar surface area (TPSA) is 17.1 Å². The Bertz CT molecular complexity index is 402. The zero-order valence-electron chi connectivity index (χ0n) is 8.58. The van der Waals surface area contributed by atoms with Gasteiger partial charge in [-0.15, -0.1) is 0 Å². The molecule has 0 fully saturated rings. The monoisotopic (exact) mass is 186 g/mol. The second-order valence-electron chi connectivity index (χ2n) is 3.79. The zero-order chi connectivity index (χ0) is 10.1. The second kappa shape index (κ2) is 3.41. The molecule has 1 aromatic rings. The van der Waals surface area contributed by atoms with Gasteiger partial charge in [0.1, 0.15) is 5.78 Å². The van der Waals surface area contributed by atoms with Gasteiger partial charge in [0.15, 0.2) is 0 Å². The van der Waals surface area contributed by atoms with Crippen LogP contribution >= 0.6 is 0 Å². The Kier molecular flexibility index (Phi) is 2.24. The molecule has 0 N–H and O–H groups in total. The Morgan fingerprint density at radius 2 is 2.21 bits per heavy atom. The molecule has 0 radical (unpaired) electrons. The summed E-state index contributed by atoms with van der Waals surface area (Å²) in [5.74, 6) is 0.319. The van der Waals surface area contributed by atoms with Crippen LogP contribution in [-0.2, 0) is 4.79 Å². The Morgan fingerprint density at radius 3 is 2.93 bits per heavy atom. The highest BCUT2D eigenvalue weighted by Gasteiger charge is 2.22. The molecule has 1 aliphatic carbocycles. The number of carbonyl (C=O) groups excluding carboxylic acids is 1. The summed E-state index contributed by atoms with van der Waals surface area (Å²) < 4.78 is 0. The van der Waals surface area contributed by atoms with E-state index in [-0.39, 0.29) is 5.92 Å². The molecule has 1 aliphatic rings. The van der Waals surface area contributed by atoms with E-state index in [9.17, 15) is 4.79 Å². The van der Waals surface area contributed by atoms with Gasteiger partial charge >= 0.3 is 0 Å². The molecule has 0 amide bonds. The van der Waals surface area contributed by atoms with Gasteiger partial charge in [-0.3, -0.25) is 4.79 Å². The van der Waals surface area contributed by atoms with Crippen LogP contribution in [-0.4, -0.2) is 5.78 Å². The number of Topliss-reactive ketones (excluding diaryl/α,β-unsaturated/α-hetero) is 1. The minimum Gasteiger partial charge on any atom is -0.299 e. The van der Waals surface area contributed by atoms with Gasteiger partial charge in [-0.1, -0.05) is 42.8 Å². The average Bonchev–Trinajstić information content (AvgIpc) is 2.59. The van der Waals surface area contributed by atoms with Crippen molar-refractivity contribution in [3.05, 3.63) is 41.0 Å². The van der Waals surface area contributed by atoms with Crippen molar-refractivity contribution in [3.8, 4) is 0 Å². The molecule has 0 unspecified atom stereocenters. The molecule has 1 atom stereocenters. The lowest BCUT2D eigenvalue weighted by atomic mass is 9.94. The third kappa shape index (κ3) is 1.39. The molecule has 2 rings (SSSR count). The molecule has 0 aliphatic heterocycles. The van der Waals surface area contributed by atoms with Crippen molar-refractivity contribution in [2.24, 2.45) is 0 Å². The number of benzene rings is 1. The molecule has 0 saturated carbocycles. The summed E-state index contributed by atoms with van der Waals surface area (Å²) >= 11 is 0. The summed E-state index contributed by atoms with van der Waals surface area (Å²) in [6, 6.07) is 6.28. The van der Waals surface area contributed by atoms with Gasteiger partial charge in [-0.05, 0) is 18.1 Å². The van der Waals surface area contributed by atoms with E-state index < -0.39 is 0 Å². The normalized spacial score (nSPS) is 18.3. The first-order chi connectivity index (χ1) is 6.72. The fraction of sp³-hybridized carbons (Fsp3) is 0.308. The van der Waals surface area contributed by atoms with Crippen molar-refractivity contribution in [2.45, 2.75) is 26.2 Å².